The molecular weight excluding hydrogens is 410 g/mol. The number of carbonyl (C=O) groups is 1. The monoisotopic (exact) mass is 431 g/mol. The highest BCUT2D eigenvalue weighted by atomic mass is 35.5. The highest BCUT2D eigenvalue weighted by Gasteiger charge is 2.18. The number of H-pyrrole nitrogens is 1. The molecule has 4 rings (SSSR count). The van der Waals surface area contributed by atoms with Crippen LogP contribution in [0.15, 0.2) is 30.3 Å². The van der Waals surface area contributed by atoms with Gasteiger partial charge in [-0.05, 0) is 44.1 Å². The lowest BCUT2D eigenvalue weighted by molar-refractivity contribution is 0.0864. The average molecular weight is 432 g/mol. The molecule has 0 spiro atoms. The van der Waals surface area contributed by atoms with E-state index in [9.17, 15) is 4.79 Å². The predicted octanol–water partition coefficient (Wildman–Crippen LogP) is 4.24. The highest BCUT2D eigenvalue weighted by Crippen LogP contribution is 2.35. The van der Waals surface area contributed by atoms with Gasteiger partial charge in [0, 0.05) is 36.0 Å². The molecule has 2 aromatic heterocycles. The molecular formula is C20H22ClN5O2S. The standard InChI is InChI=1S/C20H22ClN5O2S/c1-25(20(22)23)19(27)17-10-14-15(21)8-12(9-16(14)24-17)28-18-5-4-13(29-18)11-26-6-2-3-7-26/h4-5,8-10,24H,2-3,6-7,11H2,1H3,(H3,22,23). The van der Waals surface area contributed by atoms with Crippen molar-refractivity contribution in [2.24, 2.45) is 5.73 Å². The number of fused-ring (bicyclic) bond motifs is 1. The molecule has 1 aromatic carbocycles. The van der Waals surface area contributed by atoms with Crippen LogP contribution in [0, 0.1) is 5.41 Å². The number of nitrogens with one attached hydrogen (secondary N) is 2. The van der Waals surface area contributed by atoms with E-state index in [1.165, 1.54) is 24.8 Å². The SMILES string of the molecule is CN(C(=N)N)C(=O)c1cc2c(Cl)cc(Oc3ccc(CN4CCCC4)s3)cc2[nH]1. The predicted molar refractivity (Wildman–Crippen MR) is 116 cm³/mol. The minimum atomic E-state index is -0.406. The maximum Gasteiger partial charge on any atom is 0.276 e. The molecule has 0 aliphatic carbocycles. The van der Waals surface area contributed by atoms with Gasteiger partial charge in [-0.25, -0.2) is 0 Å². The minimum Gasteiger partial charge on any atom is -0.447 e. The Morgan fingerprint density at radius 3 is 2.83 bits per heavy atom. The summed E-state index contributed by atoms with van der Waals surface area (Å²) in [6.07, 6.45) is 2.55. The van der Waals surface area contributed by atoms with Gasteiger partial charge in [0.1, 0.15) is 11.4 Å². The molecule has 3 heterocycles. The van der Waals surface area contributed by atoms with E-state index in [4.69, 9.17) is 27.5 Å². The van der Waals surface area contributed by atoms with Crippen LogP contribution in [0.25, 0.3) is 10.9 Å². The van der Waals surface area contributed by atoms with E-state index >= 15 is 0 Å². The molecule has 4 N–H and O–H groups in total. The summed E-state index contributed by atoms with van der Waals surface area (Å²) in [5.41, 5.74) is 6.38. The van der Waals surface area contributed by atoms with Crippen LogP contribution in [0.2, 0.25) is 5.02 Å². The average Bonchev–Trinajstić information content (AvgIpc) is 3.42. The molecule has 3 aromatic rings. The van der Waals surface area contributed by atoms with Crippen LogP contribution in [-0.2, 0) is 6.54 Å². The molecule has 1 aliphatic heterocycles. The second-order valence-electron chi connectivity index (χ2n) is 7.10. The van der Waals surface area contributed by atoms with Crippen molar-refractivity contribution >= 4 is 45.7 Å². The van der Waals surface area contributed by atoms with Crippen LogP contribution >= 0.6 is 22.9 Å². The molecule has 0 radical (unpaired) electrons. The lowest BCUT2D eigenvalue weighted by Gasteiger charge is -2.12. The molecule has 29 heavy (non-hydrogen) atoms. The zero-order valence-electron chi connectivity index (χ0n) is 16.0. The molecule has 1 saturated heterocycles. The quantitative estimate of drug-likeness (QED) is 0.415. The maximum absolute atomic E-state index is 12.4. The summed E-state index contributed by atoms with van der Waals surface area (Å²) in [5.74, 6) is -0.138. The number of rotatable bonds is 5. The van der Waals surface area contributed by atoms with Crippen molar-refractivity contribution in [3.8, 4) is 10.8 Å². The molecule has 7 nitrogen and oxygen atoms in total. The number of aromatic amines is 1. The first kappa shape index (κ1) is 19.8. The van der Waals surface area contributed by atoms with Crippen molar-refractivity contribution < 1.29 is 9.53 Å². The van der Waals surface area contributed by atoms with Gasteiger partial charge < -0.3 is 15.5 Å². The Labute approximate surface area is 177 Å². The molecule has 1 aliphatic rings. The summed E-state index contributed by atoms with van der Waals surface area (Å²) in [4.78, 5) is 20.2. The summed E-state index contributed by atoms with van der Waals surface area (Å²) in [5, 5.41) is 9.40. The maximum atomic E-state index is 12.4. The van der Waals surface area contributed by atoms with Crippen molar-refractivity contribution in [2.45, 2.75) is 19.4 Å². The fourth-order valence-corrected chi connectivity index (χ4v) is 4.59. The first-order valence-corrected chi connectivity index (χ1v) is 10.5. The number of likely N-dealkylation sites (tertiary alicyclic amines) is 1. The van der Waals surface area contributed by atoms with Gasteiger partial charge in [0.2, 0.25) is 0 Å². The lowest BCUT2D eigenvalue weighted by atomic mass is 10.2. The molecule has 1 amide bonds. The van der Waals surface area contributed by atoms with E-state index in [2.05, 4.69) is 16.0 Å². The van der Waals surface area contributed by atoms with Crippen LogP contribution in [0.4, 0.5) is 0 Å². The zero-order chi connectivity index (χ0) is 20.5. The third kappa shape index (κ3) is 4.24. The van der Waals surface area contributed by atoms with E-state index in [0.717, 1.165) is 29.6 Å². The number of halogens is 1. The van der Waals surface area contributed by atoms with Gasteiger partial charge in [-0.2, -0.15) is 0 Å². The van der Waals surface area contributed by atoms with Crippen molar-refractivity contribution in [3.63, 3.8) is 0 Å². The number of thiophene rings is 1. The van der Waals surface area contributed by atoms with Gasteiger partial charge in [-0.3, -0.25) is 20.0 Å². The van der Waals surface area contributed by atoms with Crippen molar-refractivity contribution in [3.05, 3.63) is 45.9 Å². The lowest BCUT2D eigenvalue weighted by Crippen LogP contribution is -2.38. The smallest absolute Gasteiger partial charge is 0.276 e. The summed E-state index contributed by atoms with van der Waals surface area (Å²) in [6, 6.07) is 9.27. The third-order valence-corrected chi connectivity index (χ3v) is 6.25. The number of hydrogen-bond donors (Lipinski definition) is 3. The number of nitrogens with zero attached hydrogens (tertiary/aromatic N) is 2. The van der Waals surface area contributed by atoms with Crippen molar-refractivity contribution in [1.82, 2.24) is 14.8 Å². The number of nitrogens with two attached hydrogens (primary N) is 1. The molecule has 0 saturated carbocycles. The summed E-state index contributed by atoms with van der Waals surface area (Å²) in [6.45, 7) is 3.28. The number of amides is 1. The first-order valence-electron chi connectivity index (χ1n) is 9.34. The highest BCUT2D eigenvalue weighted by molar-refractivity contribution is 7.13. The van der Waals surface area contributed by atoms with Crippen LogP contribution < -0.4 is 10.5 Å². The van der Waals surface area contributed by atoms with Gasteiger partial charge >= 0.3 is 0 Å². The van der Waals surface area contributed by atoms with Gasteiger partial charge in [0.05, 0.1) is 10.5 Å². The fraction of sp³-hybridized carbons (Fsp3) is 0.300. The number of benzene rings is 1. The molecule has 0 bridgehead atoms. The molecule has 1 fully saturated rings. The Morgan fingerprint density at radius 1 is 1.34 bits per heavy atom. The van der Waals surface area contributed by atoms with Crippen LogP contribution in [0.1, 0.15) is 28.2 Å². The molecule has 152 valence electrons. The second kappa shape index (κ2) is 8.06. The third-order valence-electron chi connectivity index (χ3n) is 4.99. The summed E-state index contributed by atoms with van der Waals surface area (Å²) in [7, 11) is 1.45. The van der Waals surface area contributed by atoms with Crippen LogP contribution in [-0.4, -0.2) is 46.8 Å². The first-order chi connectivity index (χ1) is 13.9. The summed E-state index contributed by atoms with van der Waals surface area (Å²) >= 11 is 8.04. The zero-order valence-corrected chi connectivity index (χ0v) is 17.6. The Kier molecular flexibility index (Phi) is 5.49. The molecule has 0 atom stereocenters. The minimum absolute atomic E-state index is 0.306. The van der Waals surface area contributed by atoms with Gasteiger partial charge in [0.15, 0.2) is 11.0 Å². The number of guanidine groups is 1. The van der Waals surface area contributed by atoms with Crippen LogP contribution in [0.3, 0.4) is 0 Å². The van der Waals surface area contributed by atoms with E-state index in [-0.39, 0.29) is 5.96 Å². The Morgan fingerprint density at radius 2 is 2.10 bits per heavy atom. The van der Waals surface area contributed by atoms with Gasteiger partial charge in [0.25, 0.3) is 5.91 Å². The normalized spacial score (nSPS) is 14.4. The Hall–Kier alpha value is -2.55. The largest absolute Gasteiger partial charge is 0.447 e. The topological polar surface area (TPSA) is 98.4 Å². The van der Waals surface area contributed by atoms with Crippen molar-refractivity contribution in [2.75, 3.05) is 20.1 Å². The molecule has 0 unspecified atom stereocenters. The second-order valence-corrected chi connectivity index (χ2v) is 8.64. The van der Waals surface area contributed by atoms with Crippen molar-refractivity contribution in [1.29, 1.82) is 5.41 Å². The number of ether oxygens (including phenoxy) is 1. The Bertz CT molecular complexity index is 1070. The Balaban J connectivity index is 1.53. The number of hydrogen-bond acceptors (Lipinski definition) is 5. The number of aromatic nitrogens is 1. The van der Waals surface area contributed by atoms with E-state index in [0.29, 0.717) is 27.4 Å². The molecule has 9 heteroatoms. The van der Waals surface area contributed by atoms with Gasteiger partial charge in [-0.1, -0.05) is 11.6 Å². The van der Waals surface area contributed by atoms with Crippen LogP contribution in [0.5, 0.6) is 10.8 Å². The number of carbonyl (C=O) groups excluding carboxylic acids is 1. The van der Waals surface area contributed by atoms with E-state index in [1.54, 1.807) is 23.5 Å². The van der Waals surface area contributed by atoms with E-state index in [1.807, 2.05) is 12.1 Å². The fourth-order valence-electron chi connectivity index (χ4n) is 3.41. The summed E-state index contributed by atoms with van der Waals surface area (Å²) < 4.78 is 6.01. The van der Waals surface area contributed by atoms with E-state index < -0.39 is 5.91 Å². The van der Waals surface area contributed by atoms with Gasteiger partial charge in [-0.15, -0.1) is 11.3 Å².